The molecular formula is C18H21NO6. The summed E-state index contributed by atoms with van der Waals surface area (Å²) in [4.78, 5) is 22.5. The summed E-state index contributed by atoms with van der Waals surface area (Å²) in [5, 5.41) is 38.1. The van der Waals surface area contributed by atoms with Crippen LogP contribution in [0.5, 0.6) is 11.5 Å². The Balaban J connectivity index is 0.00000312. The van der Waals surface area contributed by atoms with Gasteiger partial charge in [0.25, 0.3) is 0 Å². The summed E-state index contributed by atoms with van der Waals surface area (Å²) >= 11 is 0. The number of carbonyl (C=O) groups is 2. The predicted molar refractivity (Wildman–Crippen MR) is 92.1 cm³/mol. The molecule has 25 heavy (non-hydrogen) atoms. The van der Waals surface area contributed by atoms with Crippen molar-refractivity contribution in [3.05, 3.63) is 57.6 Å². The first kappa shape index (κ1) is 20.0. The van der Waals surface area contributed by atoms with Crippen LogP contribution < -0.4 is 6.15 Å². The molecule has 0 atom stereocenters. The molecule has 0 spiro atoms. The van der Waals surface area contributed by atoms with Crippen LogP contribution >= 0.6 is 0 Å². The van der Waals surface area contributed by atoms with Gasteiger partial charge < -0.3 is 26.6 Å². The number of aromatic hydroxyl groups is 2. The van der Waals surface area contributed by atoms with Gasteiger partial charge in [-0.15, -0.1) is 0 Å². The van der Waals surface area contributed by atoms with Crippen LogP contribution in [0.2, 0.25) is 0 Å². The van der Waals surface area contributed by atoms with Gasteiger partial charge in [0.15, 0.2) is 0 Å². The van der Waals surface area contributed by atoms with Crippen LogP contribution in [0, 0.1) is 6.92 Å². The highest BCUT2D eigenvalue weighted by molar-refractivity contribution is 5.92. The number of aryl methyl sites for hydroxylation is 2. The van der Waals surface area contributed by atoms with E-state index in [1.165, 1.54) is 12.1 Å². The zero-order chi connectivity index (χ0) is 18.0. The zero-order valence-electron chi connectivity index (χ0n) is 14.0. The maximum absolute atomic E-state index is 11.3. The van der Waals surface area contributed by atoms with Gasteiger partial charge in [0, 0.05) is 0 Å². The van der Waals surface area contributed by atoms with E-state index in [0.717, 1.165) is 0 Å². The first-order valence-electron chi connectivity index (χ1n) is 7.38. The summed E-state index contributed by atoms with van der Waals surface area (Å²) in [5.41, 5.74) is 1.84. The monoisotopic (exact) mass is 347 g/mol. The molecule has 0 saturated heterocycles. The minimum absolute atomic E-state index is 0. The first-order chi connectivity index (χ1) is 11.2. The third-order valence-electron chi connectivity index (χ3n) is 3.86. The molecule has 0 aliphatic heterocycles. The number of hydrogen-bond acceptors (Lipinski definition) is 5. The van der Waals surface area contributed by atoms with E-state index in [0.29, 0.717) is 28.7 Å². The van der Waals surface area contributed by atoms with Crippen LogP contribution in [0.1, 0.15) is 49.9 Å². The van der Waals surface area contributed by atoms with E-state index < -0.39 is 11.9 Å². The molecule has 7 heteroatoms. The Morgan fingerprint density at radius 1 is 0.880 bits per heavy atom. The highest BCUT2D eigenvalue weighted by atomic mass is 16.4. The number of carboxylic acid groups (broad SMARTS) is 2. The fourth-order valence-electron chi connectivity index (χ4n) is 2.65. The van der Waals surface area contributed by atoms with Crippen LogP contribution in [0.25, 0.3) is 0 Å². The van der Waals surface area contributed by atoms with Crippen LogP contribution in [0.15, 0.2) is 24.3 Å². The fourth-order valence-corrected chi connectivity index (χ4v) is 2.65. The largest absolute Gasteiger partial charge is 0.507 e. The highest BCUT2D eigenvalue weighted by Gasteiger charge is 2.17. The van der Waals surface area contributed by atoms with Gasteiger partial charge in [-0.05, 0) is 54.2 Å². The van der Waals surface area contributed by atoms with Gasteiger partial charge in [0.05, 0.1) is 0 Å². The van der Waals surface area contributed by atoms with E-state index in [-0.39, 0.29) is 35.2 Å². The number of phenols is 2. The molecule has 0 fully saturated rings. The Hall–Kier alpha value is -3.06. The minimum Gasteiger partial charge on any atom is -0.507 e. The SMILES string of the molecule is CCc1cc(Cc2cc(C)c(O)c(C(=O)O)c2)cc(C(=O)O)c1O.N. The van der Waals surface area contributed by atoms with Crippen molar-refractivity contribution in [2.75, 3.05) is 0 Å². The average Bonchev–Trinajstić information content (AvgIpc) is 2.51. The van der Waals surface area contributed by atoms with Crippen molar-refractivity contribution >= 4 is 11.9 Å². The maximum atomic E-state index is 11.3. The molecule has 0 amide bonds. The molecular weight excluding hydrogens is 326 g/mol. The summed E-state index contributed by atoms with van der Waals surface area (Å²) < 4.78 is 0. The van der Waals surface area contributed by atoms with Crippen LogP contribution in [0.3, 0.4) is 0 Å². The second-order valence-corrected chi connectivity index (χ2v) is 5.60. The summed E-state index contributed by atoms with van der Waals surface area (Å²) in [7, 11) is 0. The van der Waals surface area contributed by atoms with Gasteiger partial charge in [-0.1, -0.05) is 19.1 Å². The lowest BCUT2D eigenvalue weighted by Gasteiger charge is -2.12. The summed E-state index contributed by atoms with van der Waals surface area (Å²) in [5.74, 6) is -2.99. The van der Waals surface area contributed by atoms with E-state index in [1.54, 1.807) is 26.0 Å². The lowest BCUT2D eigenvalue weighted by molar-refractivity contribution is 0.0682. The Labute approximate surface area is 144 Å². The van der Waals surface area contributed by atoms with Crippen molar-refractivity contribution in [1.29, 1.82) is 0 Å². The molecule has 7 nitrogen and oxygen atoms in total. The molecule has 0 heterocycles. The van der Waals surface area contributed by atoms with E-state index >= 15 is 0 Å². The second kappa shape index (κ2) is 7.67. The van der Waals surface area contributed by atoms with Crippen molar-refractivity contribution in [3.8, 4) is 11.5 Å². The summed E-state index contributed by atoms with van der Waals surface area (Å²) in [6.07, 6.45) is 0.754. The maximum Gasteiger partial charge on any atom is 0.339 e. The summed E-state index contributed by atoms with van der Waals surface area (Å²) in [6.45, 7) is 3.40. The van der Waals surface area contributed by atoms with Crippen molar-refractivity contribution in [2.45, 2.75) is 26.7 Å². The van der Waals surface area contributed by atoms with Gasteiger partial charge in [-0.2, -0.15) is 0 Å². The Bertz CT molecular complexity index is 829. The fraction of sp³-hybridized carbons (Fsp3) is 0.222. The third-order valence-corrected chi connectivity index (χ3v) is 3.86. The van der Waals surface area contributed by atoms with Gasteiger partial charge in [-0.25, -0.2) is 9.59 Å². The van der Waals surface area contributed by atoms with Crippen molar-refractivity contribution in [1.82, 2.24) is 6.15 Å². The number of benzene rings is 2. The lowest BCUT2D eigenvalue weighted by Crippen LogP contribution is -2.03. The molecule has 7 N–H and O–H groups in total. The molecule has 2 rings (SSSR count). The third kappa shape index (κ3) is 4.07. The predicted octanol–water partition coefficient (Wildman–Crippen LogP) is 3.12. The Morgan fingerprint density at radius 2 is 1.36 bits per heavy atom. The zero-order valence-corrected chi connectivity index (χ0v) is 14.0. The summed E-state index contributed by atoms with van der Waals surface area (Å²) in [6, 6.07) is 6.09. The van der Waals surface area contributed by atoms with E-state index in [4.69, 9.17) is 5.11 Å². The number of aromatic carboxylic acids is 2. The molecule has 0 radical (unpaired) electrons. The minimum atomic E-state index is -1.23. The smallest absolute Gasteiger partial charge is 0.339 e. The first-order valence-corrected chi connectivity index (χ1v) is 7.38. The molecule has 0 aliphatic carbocycles. The van der Waals surface area contributed by atoms with Crippen molar-refractivity contribution < 1.29 is 30.0 Å². The Morgan fingerprint density at radius 3 is 1.84 bits per heavy atom. The molecule has 0 unspecified atom stereocenters. The molecule has 0 aliphatic rings. The van der Waals surface area contributed by atoms with Crippen molar-refractivity contribution in [2.24, 2.45) is 0 Å². The molecule has 2 aromatic rings. The van der Waals surface area contributed by atoms with E-state index in [2.05, 4.69) is 0 Å². The van der Waals surface area contributed by atoms with Crippen LogP contribution in [-0.2, 0) is 12.8 Å². The Kier molecular flexibility index (Phi) is 6.13. The van der Waals surface area contributed by atoms with Crippen LogP contribution in [0.4, 0.5) is 0 Å². The number of rotatable bonds is 5. The lowest BCUT2D eigenvalue weighted by atomic mass is 9.95. The number of carboxylic acids is 2. The second-order valence-electron chi connectivity index (χ2n) is 5.60. The molecule has 0 saturated carbocycles. The van der Waals surface area contributed by atoms with Gasteiger partial charge in [0.1, 0.15) is 22.6 Å². The van der Waals surface area contributed by atoms with Crippen molar-refractivity contribution in [3.63, 3.8) is 0 Å². The normalized spacial score (nSPS) is 10.2. The van der Waals surface area contributed by atoms with Crippen LogP contribution in [-0.4, -0.2) is 32.4 Å². The van der Waals surface area contributed by atoms with E-state index in [1.807, 2.05) is 0 Å². The van der Waals surface area contributed by atoms with Gasteiger partial charge >= 0.3 is 11.9 Å². The van der Waals surface area contributed by atoms with E-state index in [9.17, 15) is 24.9 Å². The van der Waals surface area contributed by atoms with Gasteiger partial charge in [-0.3, -0.25) is 0 Å². The molecule has 0 aromatic heterocycles. The quantitative estimate of drug-likeness (QED) is 0.557. The molecule has 2 aromatic carbocycles. The molecule has 134 valence electrons. The average molecular weight is 347 g/mol. The van der Waals surface area contributed by atoms with Gasteiger partial charge in [0.2, 0.25) is 0 Å². The molecule has 0 bridgehead atoms. The number of hydrogen-bond donors (Lipinski definition) is 5. The topological polar surface area (TPSA) is 150 Å². The highest BCUT2D eigenvalue weighted by Crippen LogP contribution is 2.29. The standard InChI is InChI=1S/C18H18O6.H3N/c1-3-12-6-11(8-14(16(12)20)18(23)24)5-10-4-9(2)15(19)13(7-10)17(21)22;/h4,6-8,19-20H,3,5H2,1-2H3,(H,21,22)(H,23,24);1H3.